The standard InChI is InChI=1S/C30H24O4P2/c31-27-21-22-28(32)30(36(34,25-17-9-3-10-18-25)26-19-11-4-12-20-26)29(27)35(33,23-13-5-1-6-14-23)24-15-7-2-8-16-24/h1-22,31-32H. The zero-order valence-corrected chi connectivity index (χ0v) is 21.1. The highest BCUT2D eigenvalue weighted by molar-refractivity contribution is 7.91. The van der Waals surface area contributed by atoms with E-state index in [1.54, 1.807) is 97.1 Å². The van der Waals surface area contributed by atoms with E-state index >= 15 is 9.13 Å². The predicted octanol–water partition coefficient (Wildman–Crippen LogP) is 4.38. The highest BCUT2D eigenvalue weighted by Crippen LogP contribution is 2.52. The van der Waals surface area contributed by atoms with E-state index in [-0.39, 0.29) is 22.1 Å². The van der Waals surface area contributed by atoms with Gasteiger partial charge in [0.05, 0.1) is 10.6 Å². The van der Waals surface area contributed by atoms with Crippen molar-refractivity contribution in [2.75, 3.05) is 0 Å². The van der Waals surface area contributed by atoms with Gasteiger partial charge in [-0.05, 0) is 12.1 Å². The number of rotatable bonds is 6. The Bertz CT molecular complexity index is 1380. The van der Waals surface area contributed by atoms with Gasteiger partial charge in [-0.3, -0.25) is 0 Å². The lowest BCUT2D eigenvalue weighted by molar-refractivity contribution is 0.466. The number of benzene rings is 5. The van der Waals surface area contributed by atoms with Gasteiger partial charge in [-0.1, -0.05) is 121 Å². The largest absolute Gasteiger partial charge is 0.507 e. The topological polar surface area (TPSA) is 74.6 Å². The van der Waals surface area contributed by atoms with Crippen LogP contribution in [0.15, 0.2) is 133 Å². The molecule has 0 amide bonds. The molecule has 0 bridgehead atoms. The van der Waals surface area contributed by atoms with Crippen LogP contribution in [0.1, 0.15) is 0 Å². The van der Waals surface area contributed by atoms with Crippen molar-refractivity contribution in [1.82, 2.24) is 0 Å². The Morgan fingerprint density at radius 2 is 0.583 bits per heavy atom. The first-order chi connectivity index (χ1) is 17.5. The fraction of sp³-hybridized carbons (Fsp3) is 0. The number of hydrogen-bond donors (Lipinski definition) is 2. The summed E-state index contributed by atoms with van der Waals surface area (Å²) in [6.45, 7) is 0. The van der Waals surface area contributed by atoms with Crippen molar-refractivity contribution < 1.29 is 19.3 Å². The summed E-state index contributed by atoms with van der Waals surface area (Å²) in [4.78, 5) is 0. The van der Waals surface area contributed by atoms with E-state index in [4.69, 9.17) is 0 Å². The second-order valence-corrected chi connectivity index (χ2v) is 13.8. The highest BCUT2D eigenvalue weighted by Gasteiger charge is 2.43. The summed E-state index contributed by atoms with van der Waals surface area (Å²) >= 11 is 0. The average molecular weight is 510 g/mol. The van der Waals surface area contributed by atoms with Crippen molar-refractivity contribution in [3.8, 4) is 11.5 Å². The first-order valence-corrected chi connectivity index (χ1v) is 14.9. The van der Waals surface area contributed by atoms with Gasteiger partial charge in [0, 0.05) is 21.2 Å². The normalized spacial score (nSPS) is 11.8. The zero-order valence-electron chi connectivity index (χ0n) is 19.3. The molecule has 0 unspecified atom stereocenters. The maximum Gasteiger partial charge on any atom is 0.175 e. The molecule has 0 radical (unpaired) electrons. The third-order valence-electron chi connectivity index (χ3n) is 6.22. The molecular weight excluding hydrogens is 486 g/mol. The van der Waals surface area contributed by atoms with E-state index < -0.39 is 14.3 Å². The number of hydrogen-bond acceptors (Lipinski definition) is 4. The van der Waals surface area contributed by atoms with Crippen molar-refractivity contribution in [3.63, 3.8) is 0 Å². The molecule has 2 N–H and O–H groups in total. The van der Waals surface area contributed by atoms with E-state index in [2.05, 4.69) is 0 Å². The Hall–Kier alpha value is -3.84. The second kappa shape index (κ2) is 9.66. The maximum atomic E-state index is 15.3. The molecule has 0 saturated carbocycles. The van der Waals surface area contributed by atoms with E-state index in [1.807, 2.05) is 24.3 Å². The molecule has 6 heteroatoms. The Morgan fingerprint density at radius 3 is 0.806 bits per heavy atom. The van der Waals surface area contributed by atoms with Gasteiger partial charge in [-0.15, -0.1) is 0 Å². The third kappa shape index (κ3) is 3.89. The van der Waals surface area contributed by atoms with Gasteiger partial charge < -0.3 is 19.3 Å². The van der Waals surface area contributed by atoms with Crippen LogP contribution in [0.25, 0.3) is 0 Å². The van der Waals surface area contributed by atoms with Gasteiger partial charge in [0.2, 0.25) is 0 Å². The van der Waals surface area contributed by atoms with Crippen molar-refractivity contribution in [1.29, 1.82) is 0 Å². The second-order valence-electron chi connectivity index (χ2n) is 8.36. The Balaban J connectivity index is 1.96. The highest BCUT2D eigenvalue weighted by atomic mass is 31.2. The van der Waals surface area contributed by atoms with E-state index in [0.717, 1.165) is 0 Å². The van der Waals surface area contributed by atoms with Crippen LogP contribution in [0.2, 0.25) is 0 Å². The molecule has 0 fully saturated rings. The molecule has 36 heavy (non-hydrogen) atoms. The monoisotopic (exact) mass is 510 g/mol. The molecular formula is C30H24O4P2. The summed E-state index contributed by atoms with van der Waals surface area (Å²) in [6, 6.07) is 38.0. The van der Waals surface area contributed by atoms with E-state index in [1.165, 1.54) is 12.1 Å². The van der Waals surface area contributed by atoms with Crippen LogP contribution in [-0.2, 0) is 9.13 Å². The first kappa shape index (κ1) is 23.9. The fourth-order valence-electron chi connectivity index (χ4n) is 4.55. The molecule has 5 aromatic carbocycles. The van der Waals surface area contributed by atoms with Crippen molar-refractivity contribution >= 4 is 46.1 Å². The summed E-state index contributed by atoms with van der Waals surface area (Å²) in [7, 11) is -7.60. The Morgan fingerprint density at radius 1 is 0.361 bits per heavy atom. The Kier molecular flexibility index (Phi) is 6.41. The van der Waals surface area contributed by atoms with Crippen LogP contribution >= 0.6 is 14.3 Å². The summed E-state index contributed by atoms with van der Waals surface area (Å²) in [5.41, 5.74) is 0. The lowest BCUT2D eigenvalue weighted by atomic mass is 10.3. The van der Waals surface area contributed by atoms with Crippen LogP contribution in [0.5, 0.6) is 11.5 Å². The summed E-state index contributed by atoms with van der Waals surface area (Å²) in [5, 5.41) is 24.5. The van der Waals surface area contributed by atoms with Gasteiger partial charge in [-0.25, -0.2) is 0 Å². The molecule has 0 aromatic heterocycles. The van der Waals surface area contributed by atoms with Crippen molar-refractivity contribution in [2.45, 2.75) is 0 Å². The van der Waals surface area contributed by atoms with Crippen molar-refractivity contribution in [2.24, 2.45) is 0 Å². The third-order valence-corrected chi connectivity index (χ3v) is 12.7. The van der Waals surface area contributed by atoms with Gasteiger partial charge in [0.15, 0.2) is 14.3 Å². The number of aromatic hydroxyl groups is 2. The van der Waals surface area contributed by atoms with Crippen molar-refractivity contribution in [3.05, 3.63) is 133 Å². The van der Waals surface area contributed by atoms with Crippen LogP contribution < -0.4 is 31.8 Å². The molecule has 5 rings (SSSR count). The molecule has 5 aromatic rings. The van der Waals surface area contributed by atoms with Gasteiger partial charge in [0.25, 0.3) is 0 Å². The summed E-state index contributed by atoms with van der Waals surface area (Å²) in [6.07, 6.45) is 0. The van der Waals surface area contributed by atoms with E-state index in [9.17, 15) is 10.2 Å². The SMILES string of the molecule is O=P(c1ccccc1)(c1ccccc1)c1c(O)ccc(O)c1P(=O)(c1ccccc1)c1ccccc1. The summed E-state index contributed by atoms with van der Waals surface area (Å²) in [5.74, 6) is -0.572. The van der Waals surface area contributed by atoms with Gasteiger partial charge in [0.1, 0.15) is 11.5 Å². The minimum absolute atomic E-state index is 0.0176. The Labute approximate surface area is 210 Å². The van der Waals surface area contributed by atoms with Gasteiger partial charge in [-0.2, -0.15) is 0 Å². The average Bonchev–Trinajstić information content (AvgIpc) is 2.95. The molecule has 0 aliphatic heterocycles. The number of phenolic OH excluding ortho intramolecular Hbond substituents is 2. The zero-order chi connectivity index (χ0) is 25.2. The molecule has 0 aliphatic rings. The molecule has 0 saturated heterocycles. The molecule has 178 valence electrons. The molecule has 0 aliphatic carbocycles. The minimum Gasteiger partial charge on any atom is -0.507 e. The fourth-order valence-corrected chi connectivity index (χ4v) is 11.0. The van der Waals surface area contributed by atoms with Gasteiger partial charge >= 0.3 is 0 Å². The summed E-state index contributed by atoms with van der Waals surface area (Å²) < 4.78 is 30.7. The minimum atomic E-state index is -3.80. The molecule has 0 spiro atoms. The molecule has 0 atom stereocenters. The maximum absolute atomic E-state index is 15.3. The quantitative estimate of drug-likeness (QED) is 0.263. The van der Waals surface area contributed by atoms with Crippen LogP contribution in [0, 0.1) is 0 Å². The van der Waals surface area contributed by atoms with Crippen LogP contribution in [-0.4, -0.2) is 10.2 Å². The predicted molar refractivity (Wildman–Crippen MR) is 149 cm³/mol. The van der Waals surface area contributed by atoms with E-state index in [0.29, 0.717) is 21.2 Å². The molecule has 4 nitrogen and oxygen atoms in total. The molecule has 0 heterocycles. The van der Waals surface area contributed by atoms with Crippen LogP contribution in [0.4, 0.5) is 0 Å². The lowest BCUT2D eigenvalue weighted by Crippen LogP contribution is -2.39. The number of phenols is 2. The lowest BCUT2D eigenvalue weighted by Gasteiger charge is -2.28. The van der Waals surface area contributed by atoms with Crippen LogP contribution in [0.3, 0.4) is 0 Å². The first-order valence-electron chi connectivity index (χ1n) is 11.5. The smallest absolute Gasteiger partial charge is 0.175 e.